The molecule has 0 unspecified atom stereocenters. The summed E-state index contributed by atoms with van der Waals surface area (Å²) in [5.74, 6) is 2.09. The fourth-order valence-electron chi connectivity index (χ4n) is 1.67. The van der Waals surface area contributed by atoms with Crippen molar-refractivity contribution in [2.45, 2.75) is 25.2 Å². The zero-order valence-electron chi connectivity index (χ0n) is 11.0. The Morgan fingerprint density at radius 2 is 2.11 bits per heavy atom. The lowest BCUT2D eigenvalue weighted by Gasteiger charge is -2.03. The number of aromatic nitrogens is 1. The molecule has 1 aromatic carbocycles. The van der Waals surface area contributed by atoms with Crippen LogP contribution in [0.15, 0.2) is 39.8 Å². The molecule has 0 fully saturated rings. The van der Waals surface area contributed by atoms with Gasteiger partial charge in [-0.1, -0.05) is 24.2 Å². The average Bonchev–Trinajstić information content (AvgIpc) is 2.77. The van der Waals surface area contributed by atoms with E-state index < -0.39 is 0 Å². The van der Waals surface area contributed by atoms with Gasteiger partial charge in [-0.05, 0) is 30.4 Å². The maximum absolute atomic E-state index is 11.8. The van der Waals surface area contributed by atoms with Crippen molar-refractivity contribution < 1.29 is 9.32 Å². The average molecular weight is 276 g/mol. The monoisotopic (exact) mass is 276 g/mol. The summed E-state index contributed by atoms with van der Waals surface area (Å²) in [6.45, 7) is 3.90. The second-order valence-corrected chi connectivity index (χ2v) is 5.46. The van der Waals surface area contributed by atoms with Crippen molar-refractivity contribution >= 4 is 23.5 Å². The number of nitrogens with zero attached hydrogens (tertiary/aromatic N) is 1. The molecule has 0 spiro atoms. The molecule has 0 aliphatic heterocycles. The van der Waals surface area contributed by atoms with Crippen molar-refractivity contribution in [2.75, 3.05) is 11.1 Å². The molecule has 4 nitrogen and oxygen atoms in total. The SMILES string of the molecule is CCSc1ccc(CC(=O)Nc2cc(C)on2)cc1. The second-order valence-electron chi connectivity index (χ2n) is 4.12. The van der Waals surface area contributed by atoms with Gasteiger partial charge in [0.2, 0.25) is 5.91 Å². The molecule has 1 aromatic heterocycles. The standard InChI is InChI=1S/C14H16N2O2S/c1-3-19-12-6-4-11(5-7-12)9-14(17)15-13-8-10(2)18-16-13/h4-8H,3,9H2,1-2H3,(H,15,16,17). The topological polar surface area (TPSA) is 55.1 Å². The van der Waals surface area contributed by atoms with Gasteiger partial charge in [-0.2, -0.15) is 0 Å². The summed E-state index contributed by atoms with van der Waals surface area (Å²) in [5, 5.41) is 6.43. The zero-order chi connectivity index (χ0) is 13.7. The van der Waals surface area contributed by atoms with Crippen molar-refractivity contribution in [3.8, 4) is 0 Å². The number of hydrogen-bond acceptors (Lipinski definition) is 4. The summed E-state index contributed by atoms with van der Waals surface area (Å²) in [6, 6.07) is 9.73. The van der Waals surface area contributed by atoms with E-state index in [1.165, 1.54) is 4.90 Å². The number of rotatable bonds is 5. The minimum absolute atomic E-state index is 0.0933. The maximum Gasteiger partial charge on any atom is 0.230 e. The molecular weight excluding hydrogens is 260 g/mol. The first kappa shape index (κ1) is 13.7. The van der Waals surface area contributed by atoms with Gasteiger partial charge in [-0.15, -0.1) is 11.8 Å². The van der Waals surface area contributed by atoms with Crippen molar-refractivity contribution in [3.63, 3.8) is 0 Å². The number of carbonyl (C=O) groups is 1. The lowest BCUT2D eigenvalue weighted by Crippen LogP contribution is -2.14. The first-order valence-corrected chi connectivity index (χ1v) is 7.11. The summed E-state index contributed by atoms with van der Waals surface area (Å²) in [4.78, 5) is 13.0. The van der Waals surface area contributed by atoms with Gasteiger partial charge in [-0.25, -0.2) is 0 Å². The summed E-state index contributed by atoms with van der Waals surface area (Å²) in [7, 11) is 0. The molecule has 0 aliphatic carbocycles. The largest absolute Gasteiger partial charge is 0.360 e. The molecule has 1 N–H and O–H groups in total. The van der Waals surface area contributed by atoms with Crippen LogP contribution in [0, 0.1) is 6.92 Å². The Hall–Kier alpha value is -1.75. The Labute approximate surface area is 116 Å². The molecule has 1 amide bonds. The van der Waals surface area contributed by atoms with E-state index in [1.54, 1.807) is 24.8 Å². The van der Waals surface area contributed by atoms with Gasteiger partial charge in [0.15, 0.2) is 5.82 Å². The van der Waals surface area contributed by atoms with E-state index in [0.717, 1.165) is 11.3 Å². The fraction of sp³-hybridized carbons (Fsp3) is 0.286. The van der Waals surface area contributed by atoms with Gasteiger partial charge in [0.1, 0.15) is 5.76 Å². The number of nitrogens with one attached hydrogen (secondary N) is 1. The first-order valence-electron chi connectivity index (χ1n) is 6.12. The van der Waals surface area contributed by atoms with Gasteiger partial charge in [0.05, 0.1) is 6.42 Å². The van der Waals surface area contributed by atoms with Gasteiger partial charge in [0, 0.05) is 11.0 Å². The van der Waals surface area contributed by atoms with Crippen molar-refractivity contribution in [1.29, 1.82) is 0 Å². The summed E-state index contributed by atoms with van der Waals surface area (Å²) < 4.78 is 4.89. The van der Waals surface area contributed by atoms with Crippen LogP contribution >= 0.6 is 11.8 Å². The number of benzene rings is 1. The Balaban J connectivity index is 1.91. The minimum atomic E-state index is -0.0933. The Morgan fingerprint density at radius 1 is 1.37 bits per heavy atom. The van der Waals surface area contributed by atoms with Crippen LogP contribution in [0.4, 0.5) is 5.82 Å². The maximum atomic E-state index is 11.8. The molecule has 2 aromatic rings. The van der Waals surface area contributed by atoms with E-state index in [2.05, 4.69) is 17.4 Å². The van der Waals surface area contributed by atoms with Gasteiger partial charge < -0.3 is 9.84 Å². The van der Waals surface area contributed by atoms with Crippen molar-refractivity contribution in [1.82, 2.24) is 5.16 Å². The number of carbonyl (C=O) groups excluding carboxylic acids is 1. The molecule has 0 aliphatic rings. The molecule has 2 rings (SSSR count). The van der Waals surface area contributed by atoms with Crippen LogP contribution in [0.2, 0.25) is 0 Å². The Bertz CT molecular complexity index is 549. The van der Waals surface area contributed by atoms with E-state index in [0.29, 0.717) is 18.0 Å². The minimum Gasteiger partial charge on any atom is -0.360 e. The third kappa shape index (κ3) is 4.13. The predicted molar refractivity (Wildman–Crippen MR) is 76.4 cm³/mol. The van der Waals surface area contributed by atoms with E-state index in [9.17, 15) is 4.79 Å². The quantitative estimate of drug-likeness (QED) is 0.851. The smallest absolute Gasteiger partial charge is 0.230 e. The molecule has 0 bridgehead atoms. The van der Waals surface area contributed by atoms with Crippen LogP contribution in [0.3, 0.4) is 0 Å². The van der Waals surface area contributed by atoms with Crippen molar-refractivity contribution in [3.05, 3.63) is 41.7 Å². The Morgan fingerprint density at radius 3 is 2.68 bits per heavy atom. The number of amides is 1. The van der Waals surface area contributed by atoms with Crippen LogP contribution in [0.1, 0.15) is 18.2 Å². The molecule has 19 heavy (non-hydrogen) atoms. The van der Waals surface area contributed by atoms with Crippen LogP contribution in [0.5, 0.6) is 0 Å². The molecular formula is C14H16N2O2S. The summed E-state index contributed by atoms with van der Waals surface area (Å²) in [6.07, 6.45) is 0.336. The van der Waals surface area contributed by atoms with E-state index >= 15 is 0 Å². The lowest BCUT2D eigenvalue weighted by atomic mass is 10.1. The highest BCUT2D eigenvalue weighted by molar-refractivity contribution is 7.99. The van der Waals surface area contributed by atoms with E-state index in [4.69, 9.17) is 4.52 Å². The molecule has 1 heterocycles. The summed E-state index contributed by atoms with van der Waals surface area (Å²) >= 11 is 1.79. The highest BCUT2D eigenvalue weighted by Gasteiger charge is 2.07. The van der Waals surface area contributed by atoms with Gasteiger partial charge >= 0.3 is 0 Å². The van der Waals surface area contributed by atoms with Gasteiger partial charge in [-0.3, -0.25) is 4.79 Å². The third-order valence-electron chi connectivity index (χ3n) is 2.49. The second kappa shape index (κ2) is 6.43. The predicted octanol–water partition coefficient (Wildman–Crippen LogP) is 3.28. The van der Waals surface area contributed by atoms with Crippen LogP contribution in [0.25, 0.3) is 0 Å². The molecule has 5 heteroatoms. The van der Waals surface area contributed by atoms with Gasteiger partial charge in [0.25, 0.3) is 0 Å². The lowest BCUT2D eigenvalue weighted by molar-refractivity contribution is -0.115. The van der Waals surface area contributed by atoms with Crippen LogP contribution in [-0.4, -0.2) is 16.8 Å². The van der Waals surface area contributed by atoms with E-state index in [1.807, 2.05) is 24.3 Å². The number of thioether (sulfide) groups is 1. The Kier molecular flexibility index (Phi) is 4.63. The number of anilines is 1. The van der Waals surface area contributed by atoms with Crippen LogP contribution in [-0.2, 0) is 11.2 Å². The molecule has 0 saturated heterocycles. The number of aryl methyl sites for hydroxylation is 1. The molecule has 100 valence electrons. The zero-order valence-corrected chi connectivity index (χ0v) is 11.8. The summed E-state index contributed by atoms with van der Waals surface area (Å²) in [5.41, 5.74) is 0.984. The molecule has 0 atom stereocenters. The third-order valence-corrected chi connectivity index (χ3v) is 3.39. The number of hydrogen-bond donors (Lipinski definition) is 1. The normalized spacial score (nSPS) is 10.4. The highest BCUT2D eigenvalue weighted by atomic mass is 32.2. The van der Waals surface area contributed by atoms with Crippen molar-refractivity contribution in [2.24, 2.45) is 0 Å². The highest BCUT2D eigenvalue weighted by Crippen LogP contribution is 2.18. The molecule has 0 radical (unpaired) electrons. The molecule has 0 saturated carbocycles. The van der Waals surface area contributed by atoms with E-state index in [-0.39, 0.29) is 5.91 Å². The van der Waals surface area contributed by atoms with Crippen LogP contribution < -0.4 is 5.32 Å². The fourth-order valence-corrected chi connectivity index (χ4v) is 2.33. The first-order chi connectivity index (χ1) is 9.17.